The number of H-pyrrole nitrogens is 1. The number of nitrogens with one attached hydrogen (secondary N) is 1. The van der Waals surface area contributed by atoms with Gasteiger partial charge in [-0.15, -0.1) is 0 Å². The molecule has 82 valence electrons. The van der Waals surface area contributed by atoms with Gasteiger partial charge in [0.25, 0.3) is 0 Å². The maximum absolute atomic E-state index is 13.7. The van der Waals surface area contributed by atoms with E-state index in [2.05, 4.69) is 25.9 Å². The van der Waals surface area contributed by atoms with Crippen LogP contribution in [0.3, 0.4) is 0 Å². The molecule has 0 aliphatic heterocycles. The van der Waals surface area contributed by atoms with Crippen molar-refractivity contribution in [3.63, 3.8) is 0 Å². The zero-order valence-electron chi connectivity index (χ0n) is 8.42. The van der Waals surface area contributed by atoms with Gasteiger partial charge in [0.1, 0.15) is 11.6 Å². The number of rotatable bonds is 2. The minimum Gasteiger partial charge on any atom is -0.336 e. The summed E-state index contributed by atoms with van der Waals surface area (Å²) in [7, 11) is 0. The zero-order valence-corrected chi connectivity index (χ0v) is 10.0. The topological polar surface area (TPSA) is 45.8 Å². The van der Waals surface area contributed by atoms with E-state index in [4.69, 9.17) is 0 Å². The van der Waals surface area contributed by atoms with Gasteiger partial charge >= 0.3 is 0 Å². The highest BCUT2D eigenvalue weighted by Gasteiger charge is 2.11. The first-order valence-electron chi connectivity index (χ1n) is 4.58. The Kier molecular flexibility index (Phi) is 2.87. The molecule has 0 unspecified atom stereocenters. The average molecular weight is 283 g/mol. The summed E-state index contributed by atoms with van der Waals surface area (Å²) < 4.78 is 14.4. The van der Waals surface area contributed by atoms with Gasteiger partial charge in [-0.1, -0.05) is 15.9 Å². The summed E-state index contributed by atoms with van der Waals surface area (Å²) in [5.41, 5.74) is 1.59. The van der Waals surface area contributed by atoms with Crippen molar-refractivity contribution in [1.29, 1.82) is 0 Å². The summed E-state index contributed by atoms with van der Waals surface area (Å²) in [6.45, 7) is 1.86. The van der Waals surface area contributed by atoms with E-state index in [9.17, 15) is 9.18 Å². The summed E-state index contributed by atoms with van der Waals surface area (Å²) in [6, 6.07) is 3.06. The van der Waals surface area contributed by atoms with Crippen molar-refractivity contribution < 1.29 is 9.18 Å². The van der Waals surface area contributed by atoms with Crippen LogP contribution in [0.2, 0.25) is 0 Å². The number of imidazole rings is 1. The molecule has 0 radical (unpaired) electrons. The van der Waals surface area contributed by atoms with Crippen molar-refractivity contribution >= 4 is 22.2 Å². The minimum atomic E-state index is -0.385. The summed E-state index contributed by atoms with van der Waals surface area (Å²) >= 11 is 3.24. The molecule has 2 rings (SSSR count). The van der Waals surface area contributed by atoms with E-state index in [0.717, 1.165) is 5.56 Å². The van der Waals surface area contributed by atoms with Gasteiger partial charge < -0.3 is 4.98 Å². The average Bonchev–Trinajstić information content (AvgIpc) is 2.71. The smallest absolute Gasteiger partial charge is 0.167 e. The number of hydrogen-bond donors (Lipinski definition) is 1. The third-order valence-corrected chi connectivity index (χ3v) is 3.08. The molecule has 3 nitrogen and oxygen atoms in total. The van der Waals surface area contributed by atoms with Crippen molar-refractivity contribution in [3.05, 3.63) is 39.9 Å². The Bertz CT molecular complexity index is 551. The molecular formula is C11H8BrFN2O. The Morgan fingerprint density at radius 3 is 2.88 bits per heavy atom. The SMILES string of the molecule is Cc1cc(-c2ncc(C=O)[nH]2)c(F)cc1Br. The standard InChI is InChI=1S/C11H8BrFN2O/c1-6-2-8(10(13)3-9(6)12)11-14-4-7(5-16)15-11/h2-5H,1H3,(H,14,15). The Hall–Kier alpha value is -1.49. The summed E-state index contributed by atoms with van der Waals surface area (Å²) in [4.78, 5) is 17.2. The van der Waals surface area contributed by atoms with Crippen molar-refractivity contribution in [2.24, 2.45) is 0 Å². The molecule has 16 heavy (non-hydrogen) atoms. The minimum absolute atomic E-state index is 0.329. The molecule has 1 aromatic heterocycles. The molecule has 0 spiro atoms. The van der Waals surface area contributed by atoms with E-state index in [1.165, 1.54) is 12.3 Å². The number of hydrogen-bond acceptors (Lipinski definition) is 2. The van der Waals surface area contributed by atoms with Gasteiger partial charge in [-0.3, -0.25) is 4.79 Å². The van der Waals surface area contributed by atoms with Gasteiger partial charge in [0.15, 0.2) is 6.29 Å². The molecule has 5 heteroatoms. The number of benzene rings is 1. The second-order valence-electron chi connectivity index (χ2n) is 3.39. The van der Waals surface area contributed by atoms with Crippen LogP contribution in [0.25, 0.3) is 11.4 Å². The Balaban J connectivity index is 2.55. The summed E-state index contributed by atoms with van der Waals surface area (Å²) in [6.07, 6.45) is 2.01. The molecule has 0 saturated carbocycles. The fraction of sp³-hybridized carbons (Fsp3) is 0.0909. The van der Waals surface area contributed by atoms with E-state index in [-0.39, 0.29) is 5.82 Å². The number of aromatic nitrogens is 2. The van der Waals surface area contributed by atoms with E-state index in [1.807, 2.05) is 6.92 Å². The van der Waals surface area contributed by atoms with Crippen LogP contribution in [0.1, 0.15) is 16.1 Å². The molecule has 0 fully saturated rings. The lowest BCUT2D eigenvalue weighted by atomic mass is 10.1. The zero-order chi connectivity index (χ0) is 11.7. The summed E-state index contributed by atoms with van der Waals surface area (Å²) in [5, 5.41) is 0. The van der Waals surface area contributed by atoms with Crippen LogP contribution in [0.4, 0.5) is 4.39 Å². The predicted molar refractivity (Wildman–Crippen MR) is 61.8 cm³/mol. The highest BCUT2D eigenvalue weighted by Crippen LogP contribution is 2.26. The number of aryl methyl sites for hydroxylation is 1. The monoisotopic (exact) mass is 282 g/mol. The second kappa shape index (κ2) is 4.17. The maximum atomic E-state index is 13.7. The maximum Gasteiger partial charge on any atom is 0.167 e. The molecule has 0 amide bonds. The predicted octanol–water partition coefficient (Wildman–Crippen LogP) is 3.10. The first-order valence-corrected chi connectivity index (χ1v) is 5.37. The lowest BCUT2D eigenvalue weighted by Gasteiger charge is -2.03. The lowest BCUT2D eigenvalue weighted by molar-refractivity contribution is 0.111. The highest BCUT2D eigenvalue weighted by atomic mass is 79.9. The van der Waals surface area contributed by atoms with Crippen LogP contribution < -0.4 is 0 Å². The van der Waals surface area contributed by atoms with Crippen LogP contribution in [-0.2, 0) is 0 Å². The van der Waals surface area contributed by atoms with Crippen LogP contribution >= 0.6 is 15.9 Å². The van der Waals surface area contributed by atoms with Gasteiger partial charge in [-0.25, -0.2) is 9.37 Å². The van der Waals surface area contributed by atoms with Gasteiger partial charge in [0, 0.05) is 4.47 Å². The van der Waals surface area contributed by atoms with Crippen LogP contribution in [0.15, 0.2) is 22.8 Å². The van der Waals surface area contributed by atoms with Crippen LogP contribution in [0, 0.1) is 12.7 Å². The fourth-order valence-electron chi connectivity index (χ4n) is 1.37. The van der Waals surface area contributed by atoms with Crippen molar-refractivity contribution in [3.8, 4) is 11.4 Å². The normalized spacial score (nSPS) is 10.4. The Labute approximate surface area is 99.8 Å². The number of nitrogens with zero attached hydrogens (tertiary/aromatic N) is 1. The Morgan fingerprint density at radius 2 is 2.25 bits per heavy atom. The molecule has 0 bridgehead atoms. The molecular weight excluding hydrogens is 275 g/mol. The largest absolute Gasteiger partial charge is 0.336 e. The molecule has 2 aromatic rings. The lowest BCUT2D eigenvalue weighted by Crippen LogP contribution is -1.89. The summed E-state index contributed by atoms with van der Waals surface area (Å²) in [5.74, 6) is -0.0283. The molecule has 0 saturated heterocycles. The first kappa shape index (κ1) is 11.0. The molecule has 0 aliphatic carbocycles. The van der Waals surface area contributed by atoms with Crippen molar-refractivity contribution in [2.75, 3.05) is 0 Å². The number of aldehydes is 1. The number of halogens is 2. The highest BCUT2D eigenvalue weighted by molar-refractivity contribution is 9.10. The number of carbonyl (C=O) groups is 1. The van der Waals surface area contributed by atoms with Gasteiger partial charge in [-0.05, 0) is 24.6 Å². The second-order valence-corrected chi connectivity index (χ2v) is 4.24. The number of carbonyl (C=O) groups excluding carboxylic acids is 1. The third-order valence-electron chi connectivity index (χ3n) is 2.23. The van der Waals surface area contributed by atoms with Gasteiger partial charge in [0.05, 0.1) is 17.5 Å². The molecule has 1 N–H and O–H groups in total. The fourth-order valence-corrected chi connectivity index (χ4v) is 1.69. The quantitative estimate of drug-likeness (QED) is 0.861. The van der Waals surface area contributed by atoms with Crippen LogP contribution in [0.5, 0.6) is 0 Å². The van der Waals surface area contributed by atoms with Crippen molar-refractivity contribution in [1.82, 2.24) is 9.97 Å². The van der Waals surface area contributed by atoms with E-state index >= 15 is 0 Å². The molecule has 1 heterocycles. The Morgan fingerprint density at radius 1 is 1.50 bits per heavy atom. The van der Waals surface area contributed by atoms with E-state index in [0.29, 0.717) is 27.8 Å². The van der Waals surface area contributed by atoms with Crippen LogP contribution in [-0.4, -0.2) is 16.3 Å². The van der Waals surface area contributed by atoms with Crippen molar-refractivity contribution in [2.45, 2.75) is 6.92 Å². The van der Waals surface area contributed by atoms with E-state index < -0.39 is 0 Å². The van der Waals surface area contributed by atoms with Gasteiger partial charge in [-0.2, -0.15) is 0 Å². The third kappa shape index (κ3) is 1.90. The molecule has 0 aliphatic rings. The van der Waals surface area contributed by atoms with E-state index in [1.54, 1.807) is 6.07 Å². The molecule has 1 aromatic carbocycles. The van der Waals surface area contributed by atoms with Gasteiger partial charge in [0.2, 0.25) is 0 Å². The molecule has 0 atom stereocenters. The number of aromatic amines is 1. The first-order chi connectivity index (χ1) is 7.61.